The Bertz CT molecular complexity index is 524. The molecule has 0 bridgehead atoms. The van der Waals surface area contributed by atoms with Crippen LogP contribution in [-0.4, -0.2) is 42.9 Å². The first-order valence-corrected chi connectivity index (χ1v) is 8.48. The van der Waals surface area contributed by atoms with Crippen LogP contribution in [0.25, 0.3) is 0 Å². The molecule has 0 radical (unpaired) electrons. The van der Waals surface area contributed by atoms with Gasteiger partial charge in [-0.05, 0) is 24.8 Å². The van der Waals surface area contributed by atoms with Crippen molar-refractivity contribution in [1.82, 2.24) is 10.2 Å². The average Bonchev–Trinajstić information content (AvgIpc) is 2.61. The van der Waals surface area contributed by atoms with E-state index in [-0.39, 0.29) is 36.1 Å². The lowest BCUT2D eigenvalue weighted by atomic mass is 9.91. The summed E-state index contributed by atoms with van der Waals surface area (Å²) in [6.45, 7) is 4.21. The van der Waals surface area contributed by atoms with Crippen LogP contribution in [0.4, 0.5) is 0 Å². The van der Waals surface area contributed by atoms with Gasteiger partial charge in [-0.25, -0.2) is 0 Å². The highest BCUT2D eigenvalue weighted by Gasteiger charge is 2.31. The Morgan fingerprint density at radius 1 is 1.33 bits per heavy atom. The molecule has 2 rings (SSSR count). The predicted octanol–water partition coefficient (Wildman–Crippen LogP) is 1.92. The highest BCUT2D eigenvalue weighted by molar-refractivity contribution is 5.85. The zero-order valence-corrected chi connectivity index (χ0v) is 15.1. The number of benzene rings is 1. The highest BCUT2D eigenvalue weighted by Crippen LogP contribution is 2.25. The summed E-state index contributed by atoms with van der Waals surface area (Å²) in [6.07, 6.45) is 2.48. The molecule has 134 valence electrons. The maximum atomic E-state index is 12.9. The molecule has 1 heterocycles. The number of halogens is 1. The number of hydrogen-bond donors (Lipinski definition) is 2. The summed E-state index contributed by atoms with van der Waals surface area (Å²) in [5, 5.41) is 2.83. The molecule has 1 aliphatic rings. The van der Waals surface area contributed by atoms with Gasteiger partial charge in [0, 0.05) is 26.2 Å². The topological polar surface area (TPSA) is 75.4 Å². The molecule has 3 N–H and O–H groups in total. The fourth-order valence-electron chi connectivity index (χ4n) is 3.19. The van der Waals surface area contributed by atoms with E-state index in [4.69, 9.17) is 5.73 Å². The summed E-state index contributed by atoms with van der Waals surface area (Å²) in [6, 6.07) is 9.89. The number of hydrogen-bond acceptors (Lipinski definition) is 3. The molecular formula is C18H28ClN3O2. The second-order valence-corrected chi connectivity index (χ2v) is 6.07. The van der Waals surface area contributed by atoms with E-state index in [2.05, 4.69) is 5.32 Å². The molecule has 0 spiro atoms. The summed E-state index contributed by atoms with van der Waals surface area (Å²) in [5.41, 5.74) is 6.48. The first-order valence-electron chi connectivity index (χ1n) is 8.48. The molecule has 0 aliphatic carbocycles. The van der Waals surface area contributed by atoms with Crippen molar-refractivity contribution in [3.05, 3.63) is 35.9 Å². The lowest BCUT2D eigenvalue weighted by Crippen LogP contribution is -2.47. The third kappa shape index (κ3) is 5.21. The average molecular weight is 354 g/mol. The lowest BCUT2D eigenvalue weighted by Gasteiger charge is -2.34. The van der Waals surface area contributed by atoms with Crippen molar-refractivity contribution in [3.8, 4) is 0 Å². The fraction of sp³-hybridized carbons (Fsp3) is 0.556. The van der Waals surface area contributed by atoms with Crippen LogP contribution in [0, 0.1) is 5.92 Å². The van der Waals surface area contributed by atoms with Crippen molar-refractivity contribution in [1.29, 1.82) is 0 Å². The number of carbonyl (C=O) groups excluding carboxylic acids is 2. The zero-order chi connectivity index (χ0) is 16.7. The van der Waals surface area contributed by atoms with Crippen LogP contribution in [0.2, 0.25) is 0 Å². The Morgan fingerprint density at radius 3 is 2.67 bits per heavy atom. The molecule has 5 nitrogen and oxygen atoms in total. The monoisotopic (exact) mass is 353 g/mol. The Balaban J connectivity index is 0.00000288. The van der Waals surface area contributed by atoms with Gasteiger partial charge in [-0.3, -0.25) is 9.59 Å². The van der Waals surface area contributed by atoms with Gasteiger partial charge in [0.25, 0.3) is 0 Å². The minimum Gasteiger partial charge on any atom is -0.355 e. The molecule has 1 saturated heterocycles. The van der Waals surface area contributed by atoms with E-state index in [1.54, 1.807) is 0 Å². The van der Waals surface area contributed by atoms with Crippen molar-refractivity contribution in [3.63, 3.8) is 0 Å². The highest BCUT2D eigenvalue weighted by atomic mass is 35.5. The van der Waals surface area contributed by atoms with Gasteiger partial charge in [0.1, 0.15) is 0 Å². The molecule has 2 amide bonds. The second kappa shape index (κ2) is 10.3. The van der Waals surface area contributed by atoms with Crippen LogP contribution in [-0.2, 0) is 9.59 Å². The standard InChI is InChI=1S/C18H27N3O2.ClH/c1-2-16(14-7-4-3-5-8-14)18(23)21-12-6-9-15(13-21)17(22)20-11-10-19;/h3-5,7-8,15-16H,2,6,9-13,19H2,1H3,(H,20,22);1H. The van der Waals surface area contributed by atoms with E-state index in [1.165, 1.54) is 0 Å². The summed E-state index contributed by atoms with van der Waals surface area (Å²) in [7, 11) is 0. The van der Waals surface area contributed by atoms with E-state index in [0.717, 1.165) is 31.4 Å². The Labute approximate surface area is 150 Å². The predicted molar refractivity (Wildman–Crippen MR) is 98.1 cm³/mol. The third-order valence-corrected chi connectivity index (χ3v) is 4.46. The van der Waals surface area contributed by atoms with E-state index < -0.39 is 0 Å². The molecule has 1 fully saturated rings. The summed E-state index contributed by atoms with van der Waals surface area (Å²) >= 11 is 0. The first kappa shape index (κ1) is 20.5. The number of amides is 2. The number of nitrogens with one attached hydrogen (secondary N) is 1. The Kier molecular flexibility index (Phi) is 8.79. The van der Waals surface area contributed by atoms with Crippen LogP contribution in [0.3, 0.4) is 0 Å². The van der Waals surface area contributed by atoms with Crippen molar-refractivity contribution >= 4 is 24.2 Å². The van der Waals surface area contributed by atoms with Gasteiger partial charge in [-0.2, -0.15) is 0 Å². The normalized spacial score (nSPS) is 18.4. The molecule has 2 unspecified atom stereocenters. The fourth-order valence-corrected chi connectivity index (χ4v) is 3.19. The molecule has 0 saturated carbocycles. The largest absolute Gasteiger partial charge is 0.355 e. The Morgan fingerprint density at radius 2 is 2.04 bits per heavy atom. The number of nitrogens with two attached hydrogens (primary N) is 1. The van der Waals surface area contributed by atoms with Crippen molar-refractivity contribution < 1.29 is 9.59 Å². The first-order chi connectivity index (χ1) is 11.2. The van der Waals surface area contributed by atoms with Crippen LogP contribution < -0.4 is 11.1 Å². The van der Waals surface area contributed by atoms with Gasteiger partial charge in [0.15, 0.2) is 0 Å². The molecule has 6 heteroatoms. The van der Waals surface area contributed by atoms with Gasteiger partial charge in [0.05, 0.1) is 11.8 Å². The molecule has 24 heavy (non-hydrogen) atoms. The number of likely N-dealkylation sites (tertiary alicyclic amines) is 1. The van der Waals surface area contributed by atoms with Gasteiger partial charge in [0.2, 0.25) is 11.8 Å². The SMILES string of the molecule is CCC(C(=O)N1CCCC(C(=O)NCCN)C1)c1ccccc1.Cl. The summed E-state index contributed by atoms with van der Waals surface area (Å²) < 4.78 is 0. The van der Waals surface area contributed by atoms with Crippen LogP contribution >= 0.6 is 12.4 Å². The van der Waals surface area contributed by atoms with Crippen LogP contribution in [0.1, 0.15) is 37.7 Å². The number of piperidine rings is 1. The molecule has 0 aromatic heterocycles. The van der Waals surface area contributed by atoms with Crippen molar-refractivity contribution in [2.24, 2.45) is 11.7 Å². The minimum absolute atomic E-state index is 0. The summed E-state index contributed by atoms with van der Waals surface area (Å²) in [5.74, 6) is -0.0923. The number of carbonyl (C=O) groups is 2. The maximum absolute atomic E-state index is 12.9. The van der Waals surface area contributed by atoms with Crippen LogP contribution in [0.5, 0.6) is 0 Å². The minimum atomic E-state index is -0.123. The molecule has 2 atom stereocenters. The van der Waals surface area contributed by atoms with Gasteiger partial charge in [-0.15, -0.1) is 12.4 Å². The molecular weight excluding hydrogens is 326 g/mol. The lowest BCUT2D eigenvalue weighted by molar-refractivity contribution is -0.137. The van der Waals surface area contributed by atoms with Gasteiger partial charge in [-0.1, -0.05) is 37.3 Å². The number of rotatable bonds is 6. The maximum Gasteiger partial charge on any atom is 0.230 e. The van der Waals surface area contributed by atoms with Crippen molar-refractivity contribution in [2.75, 3.05) is 26.2 Å². The second-order valence-electron chi connectivity index (χ2n) is 6.07. The van der Waals surface area contributed by atoms with Crippen molar-refractivity contribution in [2.45, 2.75) is 32.1 Å². The molecule has 1 aromatic carbocycles. The number of nitrogens with zero attached hydrogens (tertiary/aromatic N) is 1. The summed E-state index contributed by atoms with van der Waals surface area (Å²) in [4.78, 5) is 26.9. The molecule has 1 aromatic rings. The third-order valence-electron chi connectivity index (χ3n) is 4.46. The van der Waals surface area contributed by atoms with Gasteiger partial charge < -0.3 is 16.0 Å². The van der Waals surface area contributed by atoms with E-state index in [9.17, 15) is 9.59 Å². The Hall–Kier alpha value is -1.59. The zero-order valence-electron chi connectivity index (χ0n) is 14.2. The van der Waals surface area contributed by atoms with E-state index in [1.807, 2.05) is 42.2 Å². The van der Waals surface area contributed by atoms with E-state index in [0.29, 0.717) is 19.6 Å². The van der Waals surface area contributed by atoms with E-state index >= 15 is 0 Å². The quantitative estimate of drug-likeness (QED) is 0.820. The molecule has 1 aliphatic heterocycles. The van der Waals surface area contributed by atoms with Gasteiger partial charge >= 0.3 is 0 Å². The van der Waals surface area contributed by atoms with Crippen LogP contribution in [0.15, 0.2) is 30.3 Å². The smallest absolute Gasteiger partial charge is 0.230 e.